The van der Waals surface area contributed by atoms with Crippen molar-refractivity contribution in [3.63, 3.8) is 0 Å². The van der Waals surface area contributed by atoms with Gasteiger partial charge in [0, 0.05) is 11.8 Å². The number of carbonyl (C=O) groups excluding carboxylic acids is 1. The Morgan fingerprint density at radius 2 is 1.70 bits per heavy atom. The summed E-state index contributed by atoms with van der Waals surface area (Å²) in [7, 11) is 0. The molecular formula is C20H17N3O4. The maximum atomic E-state index is 12.1. The zero-order valence-corrected chi connectivity index (χ0v) is 14.8. The van der Waals surface area contributed by atoms with E-state index in [2.05, 4.69) is 9.98 Å². The lowest BCUT2D eigenvalue weighted by atomic mass is 10.1. The van der Waals surface area contributed by atoms with Crippen LogP contribution < -0.4 is 11.2 Å². The van der Waals surface area contributed by atoms with Gasteiger partial charge < -0.3 is 5.11 Å². The van der Waals surface area contributed by atoms with E-state index in [1.807, 2.05) is 6.92 Å². The van der Waals surface area contributed by atoms with E-state index in [9.17, 15) is 19.5 Å². The number of nitrogens with one attached hydrogen (secondary N) is 1. The normalized spacial score (nSPS) is 11.0. The van der Waals surface area contributed by atoms with E-state index in [0.29, 0.717) is 16.9 Å². The van der Waals surface area contributed by atoms with Crippen LogP contribution >= 0.6 is 0 Å². The van der Waals surface area contributed by atoms with Crippen LogP contribution in [0.2, 0.25) is 0 Å². The number of aliphatic imine (C=N–C) groups is 1. The molecule has 0 fully saturated rings. The number of ketones is 1. The summed E-state index contributed by atoms with van der Waals surface area (Å²) in [6.45, 7) is 3.36. The number of benzene rings is 2. The minimum Gasteiger partial charge on any atom is -0.493 e. The highest BCUT2D eigenvalue weighted by Gasteiger charge is 2.14. The van der Waals surface area contributed by atoms with Gasteiger partial charge in [0.25, 0.3) is 5.56 Å². The molecular weight excluding hydrogens is 346 g/mol. The number of aromatic amines is 1. The number of aryl methyl sites for hydroxylation is 1. The van der Waals surface area contributed by atoms with Crippen molar-refractivity contribution >= 4 is 17.7 Å². The van der Waals surface area contributed by atoms with Crippen LogP contribution in [0.25, 0.3) is 5.69 Å². The van der Waals surface area contributed by atoms with Gasteiger partial charge in [0.1, 0.15) is 5.56 Å². The first-order valence-electron chi connectivity index (χ1n) is 8.17. The van der Waals surface area contributed by atoms with Gasteiger partial charge in [-0.25, -0.2) is 9.36 Å². The van der Waals surface area contributed by atoms with Gasteiger partial charge >= 0.3 is 5.69 Å². The zero-order valence-electron chi connectivity index (χ0n) is 14.8. The van der Waals surface area contributed by atoms with E-state index >= 15 is 0 Å². The molecule has 0 aliphatic rings. The molecule has 0 radical (unpaired) electrons. The molecule has 0 unspecified atom stereocenters. The molecule has 136 valence electrons. The van der Waals surface area contributed by atoms with Crippen molar-refractivity contribution in [2.75, 3.05) is 0 Å². The first-order valence-corrected chi connectivity index (χ1v) is 8.17. The number of aromatic hydroxyl groups is 1. The number of nitrogens with zero attached hydrogens (tertiary/aromatic N) is 2. The predicted octanol–water partition coefficient (Wildman–Crippen LogP) is 2.49. The minimum atomic E-state index is -0.746. The van der Waals surface area contributed by atoms with Gasteiger partial charge in [0.05, 0.1) is 11.4 Å². The van der Waals surface area contributed by atoms with Gasteiger partial charge in [0.15, 0.2) is 5.78 Å². The van der Waals surface area contributed by atoms with E-state index in [1.54, 1.807) is 48.5 Å². The number of carbonyl (C=O) groups is 1. The summed E-state index contributed by atoms with van der Waals surface area (Å²) in [4.78, 5) is 41.9. The highest BCUT2D eigenvalue weighted by molar-refractivity contribution is 5.94. The summed E-state index contributed by atoms with van der Waals surface area (Å²) in [6, 6.07) is 13.4. The van der Waals surface area contributed by atoms with Crippen LogP contribution in [0.1, 0.15) is 28.4 Å². The zero-order chi connectivity index (χ0) is 19.6. The lowest BCUT2D eigenvalue weighted by Gasteiger charge is -2.09. The maximum absolute atomic E-state index is 12.1. The fourth-order valence-electron chi connectivity index (χ4n) is 2.51. The molecule has 0 saturated carbocycles. The number of Topliss-reactive ketones (excluding diaryl/α,β-unsaturated/α-hetero) is 1. The van der Waals surface area contributed by atoms with Gasteiger partial charge in [-0.05, 0) is 50.2 Å². The summed E-state index contributed by atoms with van der Waals surface area (Å²) in [6.07, 6.45) is 1.18. The van der Waals surface area contributed by atoms with Crippen molar-refractivity contribution in [1.82, 2.24) is 9.55 Å². The molecule has 0 spiro atoms. The van der Waals surface area contributed by atoms with Crippen LogP contribution in [0, 0.1) is 6.92 Å². The molecule has 0 aliphatic heterocycles. The molecule has 3 rings (SSSR count). The topological polar surface area (TPSA) is 105 Å². The fraction of sp³-hybridized carbons (Fsp3) is 0.100. The monoisotopic (exact) mass is 363 g/mol. The summed E-state index contributed by atoms with van der Waals surface area (Å²) in [5.41, 5.74) is 0.806. The summed E-state index contributed by atoms with van der Waals surface area (Å²) in [5, 5.41) is 10.5. The van der Waals surface area contributed by atoms with Gasteiger partial charge in [-0.1, -0.05) is 17.7 Å². The third kappa shape index (κ3) is 3.77. The van der Waals surface area contributed by atoms with E-state index in [-0.39, 0.29) is 11.3 Å². The largest absolute Gasteiger partial charge is 0.493 e. The quantitative estimate of drug-likeness (QED) is 0.549. The Balaban J connectivity index is 2.04. The first kappa shape index (κ1) is 18.1. The third-order valence-corrected chi connectivity index (χ3v) is 4.03. The van der Waals surface area contributed by atoms with Crippen molar-refractivity contribution in [3.8, 4) is 11.6 Å². The third-order valence-electron chi connectivity index (χ3n) is 4.03. The van der Waals surface area contributed by atoms with Crippen LogP contribution in [0.4, 0.5) is 5.69 Å². The fourth-order valence-corrected chi connectivity index (χ4v) is 2.51. The molecule has 0 aliphatic carbocycles. The second-order valence-electron chi connectivity index (χ2n) is 6.03. The Hall–Kier alpha value is -3.74. The van der Waals surface area contributed by atoms with E-state index < -0.39 is 17.1 Å². The number of aromatic nitrogens is 2. The summed E-state index contributed by atoms with van der Waals surface area (Å²) < 4.78 is 1.00. The van der Waals surface area contributed by atoms with Gasteiger partial charge in [0.2, 0.25) is 5.88 Å². The lowest BCUT2D eigenvalue weighted by molar-refractivity contribution is 0.101. The van der Waals surface area contributed by atoms with E-state index in [0.717, 1.165) is 10.1 Å². The number of H-pyrrole nitrogens is 1. The second-order valence-corrected chi connectivity index (χ2v) is 6.03. The van der Waals surface area contributed by atoms with Crippen LogP contribution in [0.3, 0.4) is 0 Å². The Labute approximate surface area is 154 Å². The Morgan fingerprint density at radius 1 is 1.07 bits per heavy atom. The molecule has 3 aromatic rings. The Bertz CT molecular complexity index is 1140. The molecule has 27 heavy (non-hydrogen) atoms. The lowest BCUT2D eigenvalue weighted by Crippen LogP contribution is -2.31. The highest BCUT2D eigenvalue weighted by atomic mass is 16.3. The van der Waals surface area contributed by atoms with Crippen molar-refractivity contribution in [3.05, 3.63) is 86.1 Å². The van der Waals surface area contributed by atoms with Crippen LogP contribution in [-0.4, -0.2) is 26.7 Å². The Morgan fingerprint density at radius 3 is 2.30 bits per heavy atom. The van der Waals surface area contributed by atoms with Gasteiger partial charge in [-0.3, -0.25) is 19.6 Å². The van der Waals surface area contributed by atoms with Crippen LogP contribution in [-0.2, 0) is 0 Å². The number of hydrogen-bond donors (Lipinski definition) is 2. The minimum absolute atomic E-state index is 0.0650. The smallest absolute Gasteiger partial charge is 0.335 e. The summed E-state index contributed by atoms with van der Waals surface area (Å²) in [5.74, 6) is -0.568. The SMILES string of the molecule is CC(=O)c1ccc(N=Cc2c(O)n(-c3ccc(C)cc3)c(=O)[nH]c2=O)cc1. The van der Waals surface area contributed by atoms with E-state index in [1.165, 1.54) is 13.1 Å². The van der Waals surface area contributed by atoms with Crippen molar-refractivity contribution in [1.29, 1.82) is 0 Å². The van der Waals surface area contributed by atoms with Crippen molar-refractivity contribution in [2.24, 2.45) is 4.99 Å². The van der Waals surface area contributed by atoms with Crippen molar-refractivity contribution < 1.29 is 9.90 Å². The number of hydrogen-bond acceptors (Lipinski definition) is 5. The van der Waals surface area contributed by atoms with Gasteiger partial charge in [-0.2, -0.15) is 0 Å². The van der Waals surface area contributed by atoms with Crippen molar-refractivity contribution in [2.45, 2.75) is 13.8 Å². The van der Waals surface area contributed by atoms with Gasteiger partial charge in [-0.15, -0.1) is 0 Å². The molecule has 1 aromatic heterocycles. The molecule has 0 amide bonds. The molecule has 0 bridgehead atoms. The Kier molecular flexibility index (Phi) is 4.85. The van der Waals surface area contributed by atoms with Crippen LogP contribution in [0.5, 0.6) is 5.88 Å². The molecule has 2 N–H and O–H groups in total. The van der Waals surface area contributed by atoms with Crippen LogP contribution in [0.15, 0.2) is 63.1 Å². The maximum Gasteiger partial charge on any atom is 0.335 e. The molecule has 2 aromatic carbocycles. The molecule has 7 heteroatoms. The highest BCUT2D eigenvalue weighted by Crippen LogP contribution is 2.18. The second kappa shape index (κ2) is 7.25. The molecule has 7 nitrogen and oxygen atoms in total. The average Bonchev–Trinajstić information content (AvgIpc) is 2.63. The summed E-state index contributed by atoms with van der Waals surface area (Å²) >= 11 is 0. The average molecular weight is 363 g/mol. The number of rotatable bonds is 4. The molecule has 0 atom stereocenters. The molecule has 0 saturated heterocycles. The predicted molar refractivity (Wildman–Crippen MR) is 103 cm³/mol. The first-order chi connectivity index (χ1) is 12.9. The molecule has 1 heterocycles. The van der Waals surface area contributed by atoms with E-state index in [4.69, 9.17) is 0 Å². The standard InChI is InChI=1S/C20H17N3O4/c1-12-3-9-16(10-4-12)23-19(26)17(18(25)22-20(23)27)11-21-15-7-5-14(6-8-15)13(2)24/h3-11,26H,1-2H3,(H,22,25,27).